The first kappa shape index (κ1) is 14.0. The van der Waals surface area contributed by atoms with Crippen LogP contribution in [0.3, 0.4) is 0 Å². The Morgan fingerprint density at radius 1 is 1.19 bits per heavy atom. The molecule has 1 fully saturated rings. The second-order valence-corrected chi connectivity index (χ2v) is 5.12. The number of halogens is 1. The number of nitrogens with one attached hydrogen (secondary N) is 1. The molecule has 6 heteroatoms. The summed E-state index contributed by atoms with van der Waals surface area (Å²) < 4.78 is 5.35. The molecule has 1 aliphatic heterocycles. The molecule has 3 heterocycles. The fraction of sp³-hybridized carbons (Fsp3) is 0.267. The standard InChI is InChI=1S/C15H14N4O.ClH/c1-2-4-12-11(3-1)5-6-17-14(12)15-18-13(20-19-15)7-10-8-16-9-10;/h1-6,10,16H,7-9H2;1H. The van der Waals surface area contributed by atoms with Crippen molar-refractivity contribution in [1.82, 2.24) is 20.4 Å². The number of nitrogens with zero attached hydrogens (tertiary/aromatic N) is 3. The molecule has 0 bridgehead atoms. The minimum Gasteiger partial charge on any atom is -0.339 e. The predicted octanol–water partition coefficient (Wildman–Crippen LogP) is 2.47. The lowest BCUT2D eigenvalue weighted by Gasteiger charge is -2.25. The molecular formula is C15H15ClN4O. The largest absolute Gasteiger partial charge is 0.339 e. The quantitative estimate of drug-likeness (QED) is 0.805. The highest BCUT2D eigenvalue weighted by Crippen LogP contribution is 2.24. The van der Waals surface area contributed by atoms with Crippen LogP contribution in [0.15, 0.2) is 41.1 Å². The molecule has 4 rings (SSSR count). The lowest BCUT2D eigenvalue weighted by Crippen LogP contribution is -2.43. The van der Waals surface area contributed by atoms with Crippen molar-refractivity contribution in [3.05, 3.63) is 42.4 Å². The Hall–Kier alpha value is -1.98. The Balaban J connectivity index is 0.00000132. The molecule has 3 aromatic rings. The summed E-state index contributed by atoms with van der Waals surface area (Å²) in [5, 5.41) is 9.50. The van der Waals surface area contributed by atoms with Crippen LogP contribution in [0.4, 0.5) is 0 Å². The first-order valence-electron chi connectivity index (χ1n) is 6.77. The summed E-state index contributed by atoms with van der Waals surface area (Å²) in [4.78, 5) is 8.89. The SMILES string of the molecule is Cl.c1ccc2c(-c3noc(CC4CNC4)n3)nccc2c1. The van der Waals surface area contributed by atoms with E-state index in [1.807, 2.05) is 24.3 Å². The van der Waals surface area contributed by atoms with Gasteiger partial charge in [-0.2, -0.15) is 4.98 Å². The second kappa shape index (κ2) is 5.79. The second-order valence-electron chi connectivity index (χ2n) is 5.12. The molecule has 0 spiro atoms. The minimum absolute atomic E-state index is 0. The van der Waals surface area contributed by atoms with E-state index in [2.05, 4.69) is 26.5 Å². The van der Waals surface area contributed by atoms with E-state index in [4.69, 9.17) is 4.52 Å². The van der Waals surface area contributed by atoms with Gasteiger partial charge in [0.05, 0.1) is 0 Å². The number of aromatic nitrogens is 3. The summed E-state index contributed by atoms with van der Waals surface area (Å²) in [5.41, 5.74) is 0.782. The van der Waals surface area contributed by atoms with Crippen molar-refractivity contribution in [1.29, 1.82) is 0 Å². The molecule has 0 unspecified atom stereocenters. The van der Waals surface area contributed by atoms with Crippen LogP contribution in [0.25, 0.3) is 22.3 Å². The first-order chi connectivity index (χ1) is 9.90. The van der Waals surface area contributed by atoms with Crippen molar-refractivity contribution in [3.8, 4) is 11.5 Å². The number of fused-ring (bicyclic) bond motifs is 1. The molecule has 0 atom stereocenters. The van der Waals surface area contributed by atoms with E-state index in [1.54, 1.807) is 6.20 Å². The molecule has 5 nitrogen and oxygen atoms in total. The third-order valence-electron chi connectivity index (χ3n) is 3.68. The van der Waals surface area contributed by atoms with E-state index >= 15 is 0 Å². The summed E-state index contributed by atoms with van der Waals surface area (Å²) in [6, 6.07) is 10.1. The summed E-state index contributed by atoms with van der Waals surface area (Å²) in [6.45, 7) is 2.06. The van der Waals surface area contributed by atoms with Gasteiger partial charge in [0.1, 0.15) is 5.69 Å². The fourth-order valence-corrected chi connectivity index (χ4v) is 2.47. The maximum Gasteiger partial charge on any atom is 0.227 e. The average Bonchev–Trinajstić information content (AvgIpc) is 2.91. The van der Waals surface area contributed by atoms with Crippen LogP contribution in [0.1, 0.15) is 5.89 Å². The van der Waals surface area contributed by atoms with Gasteiger partial charge in [0.2, 0.25) is 11.7 Å². The van der Waals surface area contributed by atoms with Crippen LogP contribution in [-0.4, -0.2) is 28.2 Å². The van der Waals surface area contributed by atoms with Gasteiger partial charge in [-0.15, -0.1) is 12.4 Å². The maximum atomic E-state index is 5.35. The Labute approximate surface area is 128 Å². The van der Waals surface area contributed by atoms with Gasteiger partial charge in [0.25, 0.3) is 0 Å². The van der Waals surface area contributed by atoms with Gasteiger partial charge >= 0.3 is 0 Å². The molecule has 0 amide bonds. The van der Waals surface area contributed by atoms with Crippen LogP contribution >= 0.6 is 12.4 Å². The molecular weight excluding hydrogens is 288 g/mol. The van der Waals surface area contributed by atoms with Gasteiger partial charge in [-0.3, -0.25) is 4.98 Å². The first-order valence-corrected chi connectivity index (χ1v) is 6.77. The van der Waals surface area contributed by atoms with E-state index < -0.39 is 0 Å². The van der Waals surface area contributed by atoms with Crippen molar-refractivity contribution in [2.75, 3.05) is 13.1 Å². The molecule has 1 saturated heterocycles. The molecule has 108 valence electrons. The van der Waals surface area contributed by atoms with E-state index in [1.165, 1.54) is 0 Å². The van der Waals surface area contributed by atoms with Crippen molar-refractivity contribution < 1.29 is 4.52 Å². The predicted molar refractivity (Wildman–Crippen MR) is 82.3 cm³/mol. The van der Waals surface area contributed by atoms with Gasteiger partial charge in [-0.1, -0.05) is 29.4 Å². The molecule has 21 heavy (non-hydrogen) atoms. The zero-order valence-corrected chi connectivity index (χ0v) is 12.1. The molecule has 0 radical (unpaired) electrons. The number of hydrogen-bond donors (Lipinski definition) is 1. The van der Waals surface area contributed by atoms with Gasteiger partial charge < -0.3 is 9.84 Å². The van der Waals surface area contributed by atoms with Crippen LogP contribution < -0.4 is 5.32 Å². The molecule has 1 N–H and O–H groups in total. The Morgan fingerprint density at radius 3 is 2.86 bits per heavy atom. The van der Waals surface area contributed by atoms with E-state index in [0.29, 0.717) is 17.6 Å². The van der Waals surface area contributed by atoms with Crippen molar-refractivity contribution in [3.63, 3.8) is 0 Å². The third-order valence-corrected chi connectivity index (χ3v) is 3.68. The van der Waals surface area contributed by atoms with Gasteiger partial charge in [-0.25, -0.2) is 0 Å². The summed E-state index contributed by atoms with van der Waals surface area (Å²) >= 11 is 0. The highest BCUT2D eigenvalue weighted by atomic mass is 35.5. The number of hydrogen-bond acceptors (Lipinski definition) is 5. The molecule has 0 saturated carbocycles. The zero-order chi connectivity index (χ0) is 13.4. The third kappa shape index (κ3) is 2.62. The minimum atomic E-state index is 0. The smallest absolute Gasteiger partial charge is 0.227 e. The van der Waals surface area contributed by atoms with Crippen LogP contribution in [0.2, 0.25) is 0 Å². The summed E-state index contributed by atoms with van der Waals surface area (Å²) in [6.07, 6.45) is 2.62. The van der Waals surface area contributed by atoms with E-state index in [9.17, 15) is 0 Å². The Bertz CT molecular complexity index is 749. The zero-order valence-electron chi connectivity index (χ0n) is 11.3. The molecule has 1 aromatic carbocycles. The number of pyridine rings is 1. The lowest BCUT2D eigenvalue weighted by molar-refractivity contribution is 0.296. The summed E-state index contributed by atoms with van der Waals surface area (Å²) in [7, 11) is 0. The topological polar surface area (TPSA) is 63.8 Å². The van der Waals surface area contributed by atoms with Crippen molar-refractivity contribution in [2.24, 2.45) is 5.92 Å². The van der Waals surface area contributed by atoms with Gasteiger partial charge in [-0.05, 0) is 30.5 Å². The average molecular weight is 303 g/mol. The highest BCUT2D eigenvalue weighted by Gasteiger charge is 2.21. The molecule has 2 aromatic heterocycles. The fourth-order valence-electron chi connectivity index (χ4n) is 2.47. The van der Waals surface area contributed by atoms with E-state index in [-0.39, 0.29) is 12.4 Å². The van der Waals surface area contributed by atoms with Crippen LogP contribution in [0.5, 0.6) is 0 Å². The molecule has 0 aliphatic carbocycles. The van der Waals surface area contributed by atoms with Gasteiger partial charge in [0, 0.05) is 18.0 Å². The van der Waals surface area contributed by atoms with Crippen LogP contribution in [-0.2, 0) is 6.42 Å². The number of benzene rings is 1. The van der Waals surface area contributed by atoms with Crippen molar-refractivity contribution >= 4 is 23.2 Å². The van der Waals surface area contributed by atoms with Gasteiger partial charge in [0.15, 0.2) is 0 Å². The van der Waals surface area contributed by atoms with Crippen LogP contribution in [0, 0.1) is 5.92 Å². The highest BCUT2D eigenvalue weighted by molar-refractivity contribution is 5.92. The van der Waals surface area contributed by atoms with Crippen molar-refractivity contribution in [2.45, 2.75) is 6.42 Å². The van der Waals surface area contributed by atoms with E-state index in [0.717, 1.165) is 36.0 Å². The summed E-state index contributed by atoms with van der Waals surface area (Å²) in [5.74, 6) is 1.88. The normalized spacial score (nSPS) is 14.7. The monoisotopic (exact) mass is 302 g/mol. The molecule has 1 aliphatic rings. The lowest BCUT2D eigenvalue weighted by atomic mass is 10.00. The Morgan fingerprint density at radius 2 is 2.05 bits per heavy atom. The Kier molecular flexibility index (Phi) is 3.86. The number of rotatable bonds is 3. The maximum absolute atomic E-state index is 5.35.